The third kappa shape index (κ3) is 2.58. The second-order valence-electron chi connectivity index (χ2n) is 4.19. The number of nitrogen functional groups attached to an aromatic ring is 1. The van der Waals surface area contributed by atoms with Gasteiger partial charge in [-0.05, 0) is 12.5 Å². The van der Waals surface area contributed by atoms with Gasteiger partial charge in [-0.2, -0.15) is 5.10 Å². The lowest BCUT2D eigenvalue weighted by Crippen LogP contribution is -2.21. The van der Waals surface area contributed by atoms with E-state index in [1.54, 1.807) is 18.7 Å². The summed E-state index contributed by atoms with van der Waals surface area (Å²) in [6.45, 7) is 3.68. The molecule has 0 amide bonds. The molecule has 0 aliphatic rings. The Labute approximate surface area is 106 Å². The van der Waals surface area contributed by atoms with E-state index in [1.165, 1.54) is 0 Å². The van der Waals surface area contributed by atoms with Gasteiger partial charge in [0, 0.05) is 19.8 Å². The molecule has 0 spiro atoms. The molecule has 0 saturated carbocycles. The number of hydrogen-bond donors (Lipinski definition) is 1. The highest BCUT2D eigenvalue weighted by Gasteiger charge is 2.10. The van der Waals surface area contributed by atoms with Crippen molar-refractivity contribution < 1.29 is 0 Å². The van der Waals surface area contributed by atoms with E-state index in [2.05, 4.69) is 22.0 Å². The van der Waals surface area contributed by atoms with Gasteiger partial charge in [-0.3, -0.25) is 4.98 Å². The SMILES string of the molecule is CCCn1ncnc1CN(C)c1ccncc1N. The molecule has 96 valence electrons. The summed E-state index contributed by atoms with van der Waals surface area (Å²) in [4.78, 5) is 10.3. The molecule has 0 aromatic carbocycles. The smallest absolute Gasteiger partial charge is 0.146 e. The zero-order chi connectivity index (χ0) is 13.0. The first-order valence-corrected chi connectivity index (χ1v) is 5.99. The van der Waals surface area contributed by atoms with Gasteiger partial charge in [-0.1, -0.05) is 6.92 Å². The Kier molecular flexibility index (Phi) is 3.76. The standard InChI is InChI=1S/C12H18N6/c1-3-6-18-12(15-9-16-18)8-17(2)11-4-5-14-7-10(11)13/h4-5,7,9H,3,6,8,13H2,1-2H3. The predicted octanol–water partition coefficient (Wildman–Crippen LogP) is 1.30. The minimum absolute atomic E-state index is 0.668. The first kappa shape index (κ1) is 12.3. The first-order chi connectivity index (χ1) is 8.72. The molecule has 0 aliphatic heterocycles. The number of nitrogens with two attached hydrogens (primary N) is 1. The molecule has 6 heteroatoms. The van der Waals surface area contributed by atoms with Crippen molar-refractivity contribution in [1.29, 1.82) is 0 Å². The lowest BCUT2D eigenvalue weighted by molar-refractivity contribution is 0.566. The van der Waals surface area contributed by atoms with Crippen molar-refractivity contribution in [3.63, 3.8) is 0 Å². The summed E-state index contributed by atoms with van der Waals surface area (Å²) in [7, 11) is 1.98. The summed E-state index contributed by atoms with van der Waals surface area (Å²) >= 11 is 0. The molecule has 0 bridgehead atoms. The topological polar surface area (TPSA) is 72.9 Å². The fourth-order valence-electron chi connectivity index (χ4n) is 1.85. The van der Waals surface area contributed by atoms with Crippen LogP contribution in [0.3, 0.4) is 0 Å². The fourth-order valence-corrected chi connectivity index (χ4v) is 1.85. The molecule has 0 fully saturated rings. The third-order valence-corrected chi connectivity index (χ3v) is 2.75. The maximum absolute atomic E-state index is 5.90. The Balaban J connectivity index is 2.14. The molecule has 6 nitrogen and oxygen atoms in total. The van der Waals surface area contributed by atoms with Crippen molar-refractivity contribution in [2.24, 2.45) is 0 Å². The van der Waals surface area contributed by atoms with Crippen LogP contribution in [-0.2, 0) is 13.1 Å². The van der Waals surface area contributed by atoms with E-state index < -0.39 is 0 Å². The second kappa shape index (κ2) is 5.48. The van der Waals surface area contributed by atoms with Crippen LogP contribution in [0.25, 0.3) is 0 Å². The van der Waals surface area contributed by atoms with Crippen LogP contribution in [0.4, 0.5) is 11.4 Å². The van der Waals surface area contributed by atoms with Crippen LogP contribution in [0.2, 0.25) is 0 Å². The summed E-state index contributed by atoms with van der Waals surface area (Å²) in [5.41, 5.74) is 7.52. The maximum Gasteiger partial charge on any atom is 0.146 e. The molecule has 2 aromatic rings. The number of aromatic nitrogens is 4. The molecule has 0 aliphatic carbocycles. The van der Waals surface area contributed by atoms with E-state index in [-0.39, 0.29) is 0 Å². The largest absolute Gasteiger partial charge is 0.396 e. The van der Waals surface area contributed by atoms with Crippen molar-refractivity contribution in [3.8, 4) is 0 Å². The summed E-state index contributed by atoms with van der Waals surface area (Å²) in [6, 6.07) is 1.90. The Hall–Kier alpha value is -2.11. The number of rotatable bonds is 5. The van der Waals surface area contributed by atoms with E-state index in [4.69, 9.17) is 5.73 Å². The average molecular weight is 246 g/mol. The summed E-state index contributed by atoms with van der Waals surface area (Å²) in [5.74, 6) is 0.940. The zero-order valence-corrected chi connectivity index (χ0v) is 10.7. The van der Waals surface area contributed by atoms with Crippen LogP contribution < -0.4 is 10.6 Å². The highest BCUT2D eigenvalue weighted by molar-refractivity contribution is 5.65. The van der Waals surface area contributed by atoms with Crippen molar-refractivity contribution in [2.45, 2.75) is 26.4 Å². The molecular weight excluding hydrogens is 228 g/mol. The van der Waals surface area contributed by atoms with Gasteiger partial charge < -0.3 is 10.6 Å². The normalized spacial score (nSPS) is 10.6. The van der Waals surface area contributed by atoms with Crippen LogP contribution in [-0.4, -0.2) is 26.8 Å². The molecule has 2 heterocycles. The number of anilines is 2. The van der Waals surface area contributed by atoms with Crippen LogP contribution in [0.1, 0.15) is 19.2 Å². The van der Waals surface area contributed by atoms with E-state index in [9.17, 15) is 0 Å². The molecule has 2 rings (SSSR count). The van der Waals surface area contributed by atoms with Gasteiger partial charge in [-0.15, -0.1) is 0 Å². The molecular formula is C12H18N6. The monoisotopic (exact) mass is 246 g/mol. The van der Waals surface area contributed by atoms with Crippen LogP contribution in [0.15, 0.2) is 24.8 Å². The van der Waals surface area contributed by atoms with Gasteiger partial charge >= 0.3 is 0 Å². The van der Waals surface area contributed by atoms with Gasteiger partial charge in [0.25, 0.3) is 0 Å². The van der Waals surface area contributed by atoms with Crippen LogP contribution in [0, 0.1) is 0 Å². The quantitative estimate of drug-likeness (QED) is 0.861. The third-order valence-electron chi connectivity index (χ3n) is 2.75. The Morgan fingerprint density at radius 1 is 1.44 bits per heavy atom. The highest BCUT2D eigenvalue weighted by atomic mass is 15.3. The Bertz CT molecular complexity index is 507. The second-order valence-corrected chi connectivity index (χ2v) is 4.19. The minimum Gasteiger partial charge on any atom is -0.396 e. The molecule has 18 heavy (non-hydrogen) atoms. The summed E-state index contributed by atoms with van der Waals surface area (Å²) in [6.07, 6.45) is 6.02. The van der Waals surface area contributed by atoms with E-state index in [1.807, 2.05) is 22.7 Å². The Morgan fingerprint density at radius 2 is 2.28 bits per heavy atom. The van der Waals surface area contributed by atoms with Crippen molar-refractivity contribution in [2.75, 3.05) is 17.7 Å². The van der Waals surface area contributed by atoms with Gasteiger partial charge in [0.2, 0.25) is 0 Å². The first-order valence-electron chi connectivity index (χ1n) is 5.99. The Morgan fingerprint density at radius 3 is 3.00 bits per heavy atom. The lowest BCUT2D eigenvalue weighted by atomic mass is 10.3. The number of aryl methyl sites for hydroxylation is 1. The van der Waals surface area contributed by atoms with Crippen LogP contribution >= 0.6 is 0 Å². The molecule has 0 unspecified atom stereocenters. The van der Waals surface area contributed by atoms with Crippen molar-refractivity contribution in [3.05, 3.63) is 30.6 Å². The number of nitrogens with zero attached hydrogens (tertiary/aromatic N) is 5. The lowest BCUT2D eigenvalue weighted by Gasteiger charge is -2.20. The molecule has 2 N–H and O–H groups in total. The van der Waals surface area contributed by atoms with Gasteiger partial charge in [-0.25, -0.2) is 9.67 Å². The van der Waals surface area contributed by atoms with Crippen molar-refractivity contribution in [1.82, 2.24) is 19.7 Å². The molecule has 2 aromatic heterocycles. The zero-order valence-electron chi connectivity index (χ0n) is 10.7. The molecule has 0 atom stereocenters. The maximum atomic E-state index is 5.90. The van der Waals surface area contributed by atoms with Gasteiger partial charge in [0.15, 0.2) is 0 Å². The minimum atomic E-state index is 0.668. The fraction of sp³-hybridized carbons (Fsp3) is 0.417. The van der Waals surface area contributed by atoms with Gasteiger partial charge in [0.1, 0.15) is 12.2 Å². The molecule has 0 radical (unpaired) electrons. The number of pyridine rings is 1. The predicted molar refractivity (Wildman–Crippen MR) is 71.1 cm³/mol. The van der Waals surface area contributed by atoms with E-state index in [0.717, 1.165) is 24.5 Å². The number of hydrogen-bond acceptors (Lipinski definition) is 5. The van der Waals surface area contributed by atoms with Crippen molar-refractivity contribution >= 4 is 11.4 Å². The average Bonchev–Trinajstić information content (AvgIpc) is 2.78. The summed E-state index contributed by atoms with van der Waals surface area (Å²) < 4.78 is 1.92. The van der Waals surface area contributed by atoms with E-state index >= 15 is 0 Å². The highest BCUT2D eigenvalue weighted by Crippen LogP contribution is 2.21. The van der Waals surface area contributed by atoms with Gasteiger partial charge in [0.05, 0.1) is 24.1 Å². The van der Waals surface area contributed by atoms with E-state index in [0.29, 0.717) is 12.2 Å². The molecule has 0 saturated heterocycles. The summed E-state index contributed by atoms with van der Waals surface area (Å²) in [5, 5.41) is 4.21. The van der Waals surface area contributed by atoms with Crippen LogP contribution in [0.5, 0.6) is 0 Å².